The Morgan fingerprint density at radius 1 is 0.810 bits per heavy atom. The molecule has 0 bridgehead atoms. The highest BCUT2D eigenvalue weighted by atomic mass is 16.3. The average Bonchev–Trinajstić information content (AvgIpc) is 3.07. The molecular formula is C19H14O2. The van der Waals surface area contributed by atoms with E-state index in [4.69, 9.17) is 4.42 Å². The van der Waals surface area contributed by atoms with Crippen LogP contribution in [0.3, 0.4) is 0 Å². The summed E-state index contributed by atoms with van der Waals surface area (Å²) >= 11 is 0. The molecule has 0 unspecified atom stereocenters. The molecule has 21 heavy (non-hydrogen) atoms. The number of benzene rings is 2. The topological polar surface area (TPSA) is 30.2 Å². The number of carbonyl (C=O) groups is 1. The molecule has 0 aliphatic heterocycles. The van der Waals surface area contributed by atoms with E-state index in [9.17, 15) is 4.79 Å². The van der Waals surface area contributed by atoms with Gasteiger partial charge in [-0.25, -0.2) is 0 Å². The van der Waals surface area contributed by atoms with Gasteiger partial charge in [0.25, 0.3) is 0 Å². The highest BCUT2D eigenvalue weighted by molar-refractivity contribution is 6.06. The average molecular weight is 274 g/mol. The second-order valence-corrected chi connectivity index (χ2v) is 4.66. The lowest BCUT2D eigenvalue weighted by molar-refractivity contribution is 0.104. The summed E-state index contributed by atoms with van der Waals surface area (Å²) in [4.78, 5) is 12.1. The monoisotopic (exact) mass is 274 g/mol. The Hall–Kier alpha value is -2.87. The van der Waals surface area contributed by atoms with Crippen LogP contribution in [0.4, 0.5) is 0 Å². The van der Waals surface area contributed by atoms with Crippen molar-refractivity contribution < 1.29 is 9.21 Å². The smallest absolute Gasteiger partial charge is 0.185 e. The second-order valence-electron chi connectivity index (χ2n) is 4.66. The van der Waals surface area contributed by atoms with E-state index >= 15 is 0 Å². The van der Waals surface area contributed by atoms with Crippen LogP contribution in [0.1, 0.15) is 16.1 Å². The van der Waals surface area contributed by atoms with Crippen molar-refractivity contribution in [3.8, 4) is 11.1 Å². The normalized spacial score (nSPS) is 10.9. The maximum absolute atomic E-state index is 12.1. The van der Waals surface area contributed by atoms with Gasteiger partial charge in [0.15, 0.2) is 5.78 Å². The second kappa shape index (κ2) is 6.06. The van der Waals surface area contributed by atoms with Gasteiger partial charge in [0.05, 0.1) is 6.26 Å². The predicted octanol–water partition coefficient (Wildman–Crippen LogP) is 4.84. The molecule has 0 aliphatic carbocycles. The summed E-state index contributed by atoms with van der Waals surface area (Å²) in [5.41, 5.74) is 2.90. The largest absolute Gasteiger partial charge is 0.465 e. The Morgan fingerprint density at radius 3 is 2.19 bits per heavy atom. The molecule has 0 N–H and O–H groups in total. The Morgan fingerprint density at radius 2 is 1.52 bits per heavy atom. The molecule has 0 amide bonds. The first kappa shape index (κ1) is 13.1. The zero-order chi connectivity index (χ0) is 14.5. The van der Waals surface area contributed by atoms with Gasteiger partial charge in [-0.2, -0.15) is 0 Å². The van der Waals surface area contributed by atoms with Crippen molar-refractivity contribution >= 4 is 11.9 Å². The van der Waals surface area contributed by atoms with Gasteiger partial charge in [-0.1, -0.05) is 54.6 Å². The SMILES string of the molecule is O=C(/C=C/c1ccco1)c1ccc(-c2ccccc2)cc1. The van der Waals surface area contributed by atoms with Gasteiger partial charge in [0, 0.05) is 5.56 Å². The molecule has 1 heterocycles. The van der Waals surface area contributed by atoms with Gasteiger partial charge < -0.3 is 4.42 Å². The standard InChI is InChI=1S/C19H14O2/c20-19(13-12-18-7-4-14-21-18)17-10-8-16(9-11-17)15-5-2-1-3-6-15/h1-14H/b13-12+. The fraction of sp³-hybridized carbons (Fsp3) is 0. The highest BCUT2D eigenvalue weighted by Gasteiger charge is 2.03. The molecule has 3 aromatic rings. The summed E-state index contributed by atoms with van der Waals surface area (Å²) in [6, 6.07) is 21.3. The lowest BCUT2D eigenvalue weighted by Crippen LogP contribution is -1.93. The minimum atomic E-state index is -0.0361. The summed E-state index contributed by atoms with van der Waals surface area (Å²) < 4.78 is 5.16. The van der Waals surface area contributed by atoms with E-state index < -0.39 is 0 Å². The minimum absolute atomic E-state index is 0.0361. The Labute approximate surface area is 123 Å². The molecule has 0 radical (unpaired) electrons. The van der Waals surface area contributed by atoms with Crippen LogP contribution in [-0.4, -0.2) is 5.78 Å². The van der Waals surface area contributed by atoms with E-state index in [0.29, 0.717) is 11.3 Å². The maximum Gasteiger partial charge on any atom is 0.185 e. The lowest BCUT2D eigenvalue weighted by Gasteiger charge is -2.02. The molecule has 0 saturated carbocycles. The van der Waals surface area contributed by atoms with Crippen LogP contribution >= 0.6 is 0 Å². The van der Waals surface area contributed by atoms with E-state index in [2.05, 4.69) is 0 Å². The zero-order valence-corrected chi connectivity index (χ0v) is 11.4. The van der Waals surface area contributed by atoms with Crippen molar-refractivity contribution in [2.75, 3.05) is 0 Å². The number of hydrogen-bond acceptors (Lipinski definition) is 2. The maximum atomic E-state index is 12.1. The summed E-state index contributed by atoms with van der Waals surface area (Å²) in [7, 11) is 0. The van der Waals surface area contributed by atoms with Crippen LogP contribution < -0.4 is 0 Å². The van der Waals surface area contributed by atoms with Crippen LogP contribution in [-0.2, 0) is 0 Å². The van der Waals surface area contributed by atoms with Crippen molar-refractivity contribution in [2.45, 2.75) is 0 Å². The first-order valence-corrected chi connectivity index (χ1v) is 6.74. The highest BCUT2D eigenvalue weighted by Crippen LogP contribution is 2.19. The van der Waals surface area contributed by atoms with Crippen LogP contribution in [0.5, 0.6) is 0 Å². The number of rotatable bonds is 4. The van der Waals surface area contributed by atoms with Gasteiger partial charge >= 0.3 is 0 Å². The van der Waals surface area contributed by atoms with Gasteiger partial charge in [0.1, 0.15) is 5.76 Å². The van der Waals surface area contributed by atoms with Crippen molar-refractivity contribution in [2.24, 2.45) is 0 Å². The number of carbonyl (C=O) groups excluding carboxylic acids is 1. The third-order valence-corrected chi connectivity index (χ3v) is 3.22. The van der Waals surface area contributed by atoms with Gasteiger partial charge in [-0.05, 0) is 35.4 Å². The molecule has 0 spiro atoms. The van der Waals surface area contributed by atoms with E-state index in [1.54, 1.807) is 18.4 Å². The summed E-state index contributed by atoms with van der Waals surface area (Å²) in [6.45, 7) is 0. The van der Waals surface area contributed by atoms with E-state index in [-0.39, 0.29) is 5.78 Å². The van der Waals surface area contributed by atoms with E-state index in [0.717, 1.165) is 11.1 Å². The molecular weight excluding hydrogens is 260 g/mol. The Bertz CT molecular complexity index is 736. The number of ketones is 1. The third kappa shape index (κ3) is 3.18. The number of hydrogen-bond donors (Lipinski definition) is 0. The van der Waals surface area contributed by atoms with Crippen LogP contribution in [0.2, 0.25) is 0 Å². The van der Waals surface area contributed by atoms with Gasteiger partial charge in [-0.3, -0.25) is 4.79 Å². The summed E-state index contributed by atoms with van der Waals surface area (Å²) in [6.07, 6.45) is 4.78. The van der Waals surface area contributed by atoms with Crippen LogP contribution in [0, 0.1) is 0 Å². The zero-order valence-electron chi connectivity index (χ0n) is 11.4. The van der Waals surface area contributed by atoms with Crippen molar-refractivity contribution in [1.82, 2.24) is 0 Å². The molecule has 2 aromatic carbocycles. The quantitative estimate of drug-likeness (QED) is 0.503. The van der Waals surface area contributed by atoms with Crippen LogP contribution in [0.15, 0.2) is 83.5 Å². The minimum Gasteiger partial charge on any atom is -0.465 e. The number of allylic oxidation sites excluding steroid dienone is 1. The Balaban J connectivity index is 1.76. The molecule has 0 fully saturated rings. The lowest BCUT2D eigenvalue weighted by atomic mass is 10.0. The first-order valence-electron chi connectivity index (χ1n) is 6.74. The molecule has 2 nitrogen and oxygen atoms in total. The molecule has 102 valence electrons. The van der Waals surface area contributed by atoms with Crippen molar-refractivity contribution in [3.05, 3.63) is 90.4 Å². The van der Waals surface area contributed by atoms with Crippen molar-refractivity contribution in [3.63, 3.8) is 0 Å². The van der Waals surface area contributed by atoms with Crippen molar-refractivity contribution in [1.29, 1.82) is 0 Å². The molecule has 3 rings (SSSR count). The molecule has 1 aromatic heterocycles. The third-order valence-electron chi connectivity index (χ3n) is 3.22. The van der Waals surface area contributed by atoms with E-state index in [1.807, 2.05) is 60.7 Å². The molecule has 2 heteroatoms. The summed E-state index contributed by atoms with van der Waals surface area (Å²) in [5, 5.41) is 0. The van der Waals surface area contributed by atoms with Crippen LogP contribution in [0.25, 0.3) is 17.2 Å². The predicted molar refractivity (Wildman–Crippen MR) is 84.0 cm³/mol. The fourth-order valence-corrected chi connectivity index (χ4v) is 2.10. The van der Waals surface area contributed by atoms with Gasteiger partial charge in [-0.15, -0.1) is 0 Å². The Kier molecular flexibility index (Phi) is 3.79. The first-order chi connectivity index (χ1) is 10.3. The van der Waals surface area contributed by atoms with Gasteiger partial charge in [0.2, 0.25) is 0 Å². The molecule has 0 atom stereocenters. The summed E-state index contributed by atoms with van der Waals surface area (Å²) in [5.74, 6) is 0.635. The number of furan rings is 1. The molecule has 0 aliphatic rings. The van der Waals surface area contributed by atoms with E-state index in [1.165, 1.54) is 6.08 Å². The fourth-order valence-electron chi connectivity index (χ4n) is 2.10. The molecule has 0 saturated heterocycles.